The smallest absolute Gasteiger partial charge is 0.204 e. The van der Waals surface area contributed by atoms with E-state index in [0.717, 1.165) is 10.2 Å². The molecule has 0 aliphatic carbocycles. The fraction of sp³-hybridized carbons (Fsp3) is 0. The highest BCUT2D eigenvalue weighted by molar-refractivity contribution is 9.10. The predicted octanol–water partition coefficient (Wildman–Crippen LogP) is 2.87. The van der Waals surface area contributed by atoms with Gasteiger partial charge in [-0.25, -0.2) is 4.98 Å². The lowest BCUT2D eigenvalue weighted by atomic mass is 10.3. The van der Waals surface area contributed by atoms with Crippen molar-refractivity contribution < 1.29 is 0 Å². The van der Waals surface area contributed by atoms with Crippen LogP contribution in [0.5, 0.6) is 0 Å². The average Bonchev–Trinajstić information content (AvgIpc) is 2.57. The molecule has 0 fully saturated rings. The molecule has 1 aromatic carbocycles. The largest absolute Gasteiger partial charge is 0.369 e. The lowest BCUT2D eigenvalue weighted by molar-refractivity contribution is 1.07. The Labute approximate surface area is 94.6 Å². The molecule has 0 atom stereocenters. The monoisotopic (exact) mass is 271 g/mol. The minimum atomic E-state index is 0.438. The second-order valence-electron chi connectivity index (χ2n) is 2.73. The van der Waals surface area contributed by atoms with Gasteiger partial charge in [0.1, 0.15) is 0 Å². The summed E-state index contributed by atoms with van der Waals surface area (Å²) in [7, 11) is 0. The minimum Gasteiger partial charge on any atom is -0.369 e. The maximum absolute atomic E-state index is 5.96. The van der Waals surface area contributed by atoms with Crippen molar-refractivity contribution in [1.82, 2.24) is 9.55 Å². The van der Waals surface area contributed by atoms with Crippen LogP contribution in [0.2, 0.25) is 5.02 Å². The number of hydrogen-bond acceptors (Lipinski definition) is 2. The highest BCUT2D eigenvalue weighted by Gasteiger charge is 2.07. The van der Waals surface area contributed by atoms with Gasteiger partial charge in [0.25, 0.3) is 0 Å². The molecule has 0 radical (unpaired) electrons. The number of nitrogens with two attached hydrogens (primary N) is 1. The number of aromatic nitrogens is 2. The second kappa shape index (κ2) is 3.63. The second-order valence-corrected chi connectivity index (χ2v) is 3.93. The van der Waals surface area contributed by atoms with Gasteiger partial charge in [-0.15, -0.1) is 0 Å². The molecule has 72 valence electrons. The summed E-state index contributed by atoms with van der Waals surface area (Å²) in [6.07, 6.45) is 3.43. The van der Waals surface area contributed by atoms with Crippen LogP contribution in [0, 0.1) is 0 Å². The van der Waals surface area contributed by atoms with Crippen LogP contribution >= 0.6 is 27.5 Å². The summed E-state index contributed by atoms with van der Waals surface area (Å²) >= 11 is 9.36. The molecular weight excluding hydrogens is 265 g/mol. The van der Waals surface area contributed by atoms with Gasteiger partial charge in [-0.05, 0) is 28.1 Å². The summed E-state index contributed by atoms with van der Waals surface area (Å²) in [6.45, 7) is 0. The van der Waals surface area contributed by atoms with Gasteiger partial charge < -0.3 is 5.73 Å². The molecule has 0 spiro atoms. The van der Waals surface area contributed by atoms with E-state index in [9.17, 15) is 0 Å². The zero-order valence-electron chi connectivity index (χ0n) is 7.11. The molecule has 2 aromatic rings. The average molecular weight is 273 g/mol. The van der Waals surface area contributed by atoms with Crippen LogP contribution in [-0.2, 0) is 0 Å². The highest BCUT2D eigenvalue weighted by atomic mass is 79.9. The van der Waals surface area contributed by atoms with Crippen molar-refractivity contribution in [2.24, 2.45) is 0 Å². The third-order valence-electron chi connectivity index (χ3n) is 1.86. The molecule has 0 amide bonds. The first kappa shape index (κ1) is 9.55. The highest BCUT2D eigenvalue weighted by Crippen LogP contribution is 2.29. The number of imidazole rings is 1. The number of benzene rings is 1. The molecule has 0 unspecified atom stereocenters. The van der Waals surface area contributed by atoms with Crippen molar-refractivity contribution in [1.29, 1.82) is 0 Å². The van der Waals surface area contributed by atoms with Gasteiger partial charge in [-0.3, -0.25) is 4.57 Å². The lowest BCUT2D eigenvalue weighted by Gasteiger charge is -2.07. The summed E-state index contributed by atoms with van der Waals surface area (Å²) in [4.78, 5) is 3.94. The van der Waals surface area contributed by atoms with E-state index in [1.165, 1.54) is 0 Å². The molecule has 2 rings (SSSR count). The summed E-state index contributed by atoms with van der Waals surface area (Å²) in [5.41, 5.74) is 6.56. The van der Waals surface area contributed by atoms with E-state index in [1.807, 2.05) is 18.2 Å². The van der Waals surface area contributed by atoms with Crippen molar-refractivity contribution in [3.8, 4) is 5.69 Å². The van der Waals surface area contributed by atoms with E-state index in [-0.39, 0.29) is 0 Å². The first-order valence-electron chi connectivity index (χ1n) is 3.93. The number of anilines is 1. The molecule has 1 heterocycles. The Morgan fingerprint density at radius 1 is 1.43 bits per heavy atom. The Kier molecular flexibility index (Phi) is 2.48. The van der Waals surface area contributed by atoms with Crippen LogP contribution in [0.25, 0.3) is 5.69 Å². The van der Waals surface area contributed by atoms with E-state index < -0.39 is 0 Å². The van der Waals surface area contributed by atoms with Crippen LogP contribution in [0.1, 0.15) is 0 Å². The summed E-state index contributed by atoms with van der Waals surface area (Å²) in [6, 6.07) is 5.58. The van der Waals surface area contributed by atoms with Crippen LogP contribution < -0.4 is 5.73 Å². The standard InChI is InChI=1S/C9H7BrClN3/c10-8-6(11)2-1-3-7(8)14-5-4-13-9(14)12/h1-5H,(H2,12,13). The van der Waals surface area contributed by atoms with Gasteiger partial charge >= 0.3 is 0 Å². The van der Waals surface area contributed by atoms with E-state index in [0.29, 0.717) is 11.0 Å². The zero-order valence-corrected chi connectivity index (χ0v) is 9.46. The Balaban J connectivity index is 2.63. The maximum atomic E-state index is 5.96. The summed E-state index contributed by atoms with van der Waals surface area (Å²) in [5.74, 6) is 0.438. The number of halogens is 2. The van der Waals surface area contributed by atoms with Crippen LogP contribution in [0.3, 0.4) is 0 Å². The molecule has 0 saturated carbocycles. The molecule has 0 bridgehead atoms. The fourth-order valence-electron chi connectivity index (χ4n) is 1.20. The molecule has 0 saturated heterocycles. The molecule has 5 heteroatoms. The summed E-state index contributed by atoms with van der Waals surface area (Å²) in [5, 5.41) is 0.649. The zero-order chi connectivity index (χ0) is 10.1. The molecule has 1 aromatic heterocycles. The number of rotatable bonds is 1. The van der Waals surface area contributed by atoms with E-state index >= 15 is 0 Å². The predicted molar refractivity (Wildman–Crippen MR) is 60.7 cm³/mol. The van der Waals surface area contributed by atoms with Gasteiger partial charge in [-0.1, -0.05) is 17.7 Å². The molecule has 0 aliphatic heterocycles. The van der Waals surface area contributed by atoms with Crippen molar-refractivity contribution >= 4 is 33.5 Å². The quantitative estimate of drug-likeness (QED) is 0.867. The number of nitrogens with zero attached hydrogens (tertiary/aromatic N) is 2. The Morgan fingerprint density at radius 2 is 2.21 bits per heavy atom. The Hall–Kier alpha value is -1.000. The van der Waals surface area contributed by atoms with Gasteiger partial charge in [0.15, 0.2) is 0 Å². The lowest BCUT2D eigenvalue weighted by Crippen LogP contribution is -2.00. The summed E-state index contributed by atoms with van der Waals surface area (Å²) < 4.78 is 2.57. The van der Waals surface area contributed by atoms with Crippen molar-refractivity contribution in [2.75, 3.05) is 5.73 Å². The number of nitrogen functional groups attached to an aromatic ring is 1. The van der Waals surface area contributed by atoms with E-state index in [1.54, 1.807) is 17.0 Å². The van der Waals surface area contributed by atoms with E-state index in [2.05, 4.69) is 20.9 Å². The van der Waals surface area contributed by atoms with Gasteiger partial charge in [0.2, 0.25) is 5.95 Å². The van der Waals surface area contributed by atoms with Crippen molar-refractivity contribution in [3.05, 3.63) is 40.1 Å². The van der Waals surface area contributed by atoms with Crippen molar-refractivity contribution in [2.45, 2.75) is 0 Å². The molecule has 14 heavy (non-hydrogen) atoms. The molecular formula is C9H7BrClN3. The van der Waals surface area contributed by atoms with Gasteiger partial charge in [-0.2, -0.15) is 0 Å². The topological polar surface area (TPSA) is 43.8 Å². The maximum Gasteiger partial charge on any atom is 0.204 e. The Morgan fingerprint density at radius 3 is 2.86 bits per heavy atom. The van der Waals surface area contributed by atoms with Crippen LogP contribution in [-0.4, -0.2) is 9.55 Å². The van der Waals surface area contributed by atoms with E-state index in [4.69, 9.17) is 17.3 Å². The SMILES string of the molecule is Nc1nccn1-c1cccc(Cl)c1Br. The first-order valence-corrected chi connectivity index (χ1v) is 5.10. The van der Waals surface area contributed by atoms with Crippen molar-refractivity contribution in [3.63, 3.8) is 0 Å². The van der Waals surface area contributed by atoms with Crippen LogP contribution in [0.4, 0.5) is 5.95 Å². The third-order valence-corrected chi connectivity index (χ3v) is 3.24. The normalized spacial score (nSPS) is 10.4. The first-order chi connectivity index (χ1) is 6.70. The fourth-order valence-corrected chi connectivity index (χ4v) is 1.82. The third kappa shape index (κ3) is 1.51. The minimum absolute atomic E-state index is 0.438. The van der Waals surface area contributed by atoms with Crippen LogP contribution in [0.15, 0.2) is 35.1 Å². The molecule has 3 nitrogen and oxygen atoms in total. The number of hydrogen-bond donors (Lipinski definition) is 1. The molecule has 0 aliphatic rings. The Bertz CT molecular complexity index is 467. The van der Waals surface area contributed by atoms with Gasteiger partial charge in [0, 0.05) is 12.4 Å². The van der Waals surface area contributed by atoms with Gasteiger partial charge in [0.05, 0.1) is 15.2 Å². The molecule has 2 N–H and O–H groups in total.